The van der Waals surface area contributed by atoms with Gasteiger partial charge in [-0.1, -0.05) is 11.8 Å². The van der Waals surface area contributed by atoms with E-state index in [9.17, 15) is 34.8 Å². The molecule has 1 heterocycles. The Balaban J connectivity index is 1.69. The number of likely N-dealkylation sites (N-methyl/N-ethyl adjacent to an activating group) is 1. The van der Waals surface area contributed by atoms with E-state index in [2.05, 4.69) is 16.8 Å². The molecule has 1 saturated carbocycles. The summed E-state index contributed by atoms with van der Waals surface area (Å²) in [5.41, 5.74) is 3.30. The molecule has 5 rings (SSSR count). The number of amides is 1. The lowest BCUT2D eigenvalue weighted by atomic mass is 9.57. The molecule has 0 aliphatic heterocycles. The number of phenols is 1. The van der Waals surface area contributed by atoms with Crippen LogP contribution in [0.3, 0.4) is 0 Å². The number of phenolic OH excluding ortho intramolecular Hbond substituents is 1. The zero-order chi connectivity index (χ0) is 27.5. The number of Topliss-reactive ketones (excluding diaryl/α,β-unsaturated/α-hetero) is 2. The summed E-state index contributed by atoms with van der Waals surface area (Å²) in [6.07, 6.45) is 3.39. The van der Waals surface area contributed by atoms with E-state index in [1.807, 2.05) is 0 Å². The van der Waals surface area contributed by atoms with E-state index in [1.54, 1.807) is 44.7 Å². The Morgan fingerprint density at radius 2 is 1.89 bits per heavy atom. The molecule has 1 aromatic carbocycles. The number of fused-ring (bicyclic) bond motifs is 3. The summed E-state index contributed by atoms with van der Waals surface area (Å²) < 4.78 is 0. The molecule has 10 nitrogen and oxygen atoms in total. The van der Waals surface area contributed by atoms with Crippen LogP contribution in [-0.4, -0.2) is 73.5 Å². The molecule has 4 atom stereocenters. The number of hydrogen-bond acceptors (Lipinski definition) is 9. The minimum absolute atomic E-state index is 0.000670. The van der Waals surface area contributed by atoms with Crippen molar-refractivity contribution in [3.8, 4) is 17.6 Å². The number of nitrogens with zero attached hydrogens (tertiary/aromatic N) is 2. The maximum absolute atomic E-state index is 13.8. The van der Waals surface area contributed by atoms with Gasteiger partial charge in [0, 0.05) is 35.0 Å². The van der Waals surface area contributed by atoms with Crippen LogP contribution < -0.4 is 5.73 Å². The Morgan fingerprint density at radius 3 is 2.53 bits per heavy atom. The lowest BCUT2D eigenvalue weighted by Gasteiger charge is -2.50. The van der Waals surface area contributed by atoms with E-state index >= 15 is 0 Å². The number of carbonyl (C=O) groups excluding carboxylic acids is 3. The molecule has 194 valence electrons. The molecule has 3 aliphatic carbocycles. The Bertz CT molecular complexity index is 1530. The van der Waals surface area contributed by atoms with Crippen LogP contribution in [-0.2, 0) is 20.8 Å². The number of carbonyl (C=O) groups is 3. The highest BCUT2D eigenvalue weighted by Crippen LogP contribution is 2.52. The van der Waals surface area contributed by atoms with Crippen molar-refractivity contribution in [3.63, 3.8) is 0 Å². The maximum atomic E-state index is 13.8. The summed E-state index contributed by atoms with van der Waals surface area (Å²) in [5.74, 6) is -0.856. The zero-order valence-electron chi connectivity index (χ0n) is 20.6. The van der Waals surface area contributed by atoms with E-state index in [1.165, 1.54) is 11.0 Å². The van der Waals surface area contributed by atoms with E-state index in [-0.39, 0.29) is 29.7 Å². The Morgan fingerprint density at radius 1 is 1.16 bits per heavy atom. The molecule has 0 spiro atoms. The van der Waals surface area contributed by atoms with Crippen LogP contribution in [0, 0.1) is 23.7 Å². The molecule has 1 aromatic heterocycles. The molecule has 0 unspecified atom stereocenters. The van der Waals surface area contributed by atoms with Crippen LogP contribution in [0.2, 0.25) is 0 Å². The number of pyridine rings is 1. The van der Waals surface area contributed by atoms with Crippen molar-refractivity contribution in [2.75, 3.05) is 14.1 Å². The Hall–Kier alpha value is -4.46. The predicted octanol–water partition coefficient (Wildman–Crippen LogP) is 0.759. The van der Waals surface area contributed by atoms with E-state index in [0.717, 1.165) is 0 Å². The van der Waals surface area contributed by atoms with Crippen molar-refractivity contribution in [1.29, 1.82) is 0 Å². The third-order valence-corrected chi connectivity index (χ3v) is 7.61. The molecule has 0 saturated heterocycles. The summed E-state index contributed by atoms with van der Waals surface area (Å²) in [6, 6.07) is 5.34. The van der Waals surface area contributed by atoms with E-state index in [4.69, 9.17) is 5.73 Å². The van der Waals surface area contributed by atoms with Crippen molar-refractivity contribution in [3.05, 3.63) is 75.8 Å². The lowest BCUT2D eigenvalue weighted by Crippen LogP contribution is -2.65. The van der Waals surface area contributed by atoms with Crippen molar-refractivity contribution < 1.29 is 34.8 Å². The topological polar surface area (TPSA) is 174 Å². The average Bonchev–Trinajstić information content (AvgIpc) is 2.86. The fourth-order valence-electron chi connectivity index (χ4n) is 5.94. The van der Waals surface area contributed by atoms with Crippen LogP contribution in [0.5, 0.6) is 5.75 Å². The number of aliphatic hydroxyl groups excluding tert-OH is 2. The monoisotopic (exact) mass is 515 g/mol. The van der Waals surface area contributed by atoms with Gasteiger partial charge in [-0.05, 0) is 62.7 Å². The van der Waals surface area contributed by atoms with Crippen LogP contribution in [0.25, 0.3) is 5.76 Å². The number of nitrogens with two attached hydrogens (primary N) is 1. The largest absolute Gasteiger partial charge is 0.508 e. The molecule has 2 aromatic rings. The third-order valence-electron chi connectivity index (χ3n) is 7.61. The predicted molar refractivity (Wildman–Crippen MR) is 134 cm³/mol. The second-order valence-electron chi connectivity index (χ2n) is 9.94. The molecule has 1 amide bonds. The van der Waals surface area contributed by atoms with Gasteiger partial charge < -0.3 is 26.2 Å². The van der Waals surface area contributed by atoms with Gasteiger partial charge in [0.15, 0.2) is 11.4 Å². The molecule has 3 aliphatic rings. The van der Waals surface area contributed by atoms with Crippen LogP contribution in [0.4, 0.5) is 0 Å². The molecular formula is C28H25N3O7. The number of hydrogen-bond donors (Lipinski definition) is 5. The second-order valence-corrected chi connectivity index (χ2v) is 9.94. The van der Waals surface area contributed by atoms with Gasteiger partial charge in [0.25, 0.3) is 5.91 Å². The summed E-state index contributed by atoms with van der Waals surface area (Å²) >= 11 is 0. The summed E-state index contributed by atoms with van der Waals surface area (Å²) in [5, 5.41) is 44.4. The molecule has 0 radical (unpaired) electrons. The first-order chi connectivity index (χ1) is 18.0. The number of aliphatic hydroxyl groups is 3. The van der Waals surface area contributed by atoms with Crippen molar-refractivity contribution in [2.45, 2.75) is 24.5 Å². The molecule has 0 bridgehead atoms. The highest BCUT2D eigenvalue weighted by atomic mass is 16.3. The fourth-order valence-corrected chi connectivity index (χ4v) is 5.94. The third kappa shape index (κ3) is 3.51. The van der Waals surface area contributed by atoms with Gasteiger partial charge in [-0.25, -0.2) is 0 Å². The molecule has 1 fully saturated rings. The first-order valence-electron chi connectivity index (χ1n) is 11.9. The minimum Gasteiger partial charge on any atom is -0.508 e. The highest BCUT2D eigenvalue weighted by molar-refractivity contribution is 6.24. The van der Waals surface area contributed by atoms with Gasteiger partial charge in [0.2, 0.25) is 5.78 Å². The van der Waals surface area contributed by atoms with Crippen molar-refractivity contribution in [1.82, 2.24) is 9.88 Å². The quantitative estimate of drug-likeness (QED) is 0.286. The number of ketones is 2. The molecule has 38 heavy (non-hydrogen) atoms. The first kappa shape index (κ1) is 25.2. The molecule has 6 N–H and O–H groups in total. The summed E-state index contributed by atoms with van der Waals surface area (Å²) in [6.45, 7) is 0. The number of aromatic nitrogens is 1. The van der Waals surface area contributed by atoms with Crippen molar-refractivity contribution >= 4 is 23.2 Å². The summed E-state index contributed by atoms with van der Waals surface area (Å²) in [7, 11) is 3.11. The van der Waals surface area contributed by atoms with Gasteiger partial charge in [-0.2, -0.15) is 0 Å². The smallest absolute Gasteiger partial charge is 0.255 e. The van der Waals surface area contributed by atoms with Gasteiger partial charge in [-0.15, -0.1) is 0 Å². The van der Waals surface area contributed by atoms with E-state index < -0.39 is 58.0 Å². The van der Waals surface area contributed by atoms with E-state index in [0.29, 0.717) is 16.7 Å². The van der Waals surface area contributed by atoms with Crippen LogP contribution >= 0.6 is 0 Å². The highest BCUT2D eigenvalue weighted by Gasteiger charge is 2.64. The molecular weight excluding hydrogens is 490 g/mol. The standard InChI is InChI=1S/C28H25N3O7/c1-31(2)22-17-11-15-10-16-14(6-5-13-4-3-9-30-12-13)7-8-18(32)20(16)23(33)19(15)25(35)28(17,38)26(36)21(24(22)34)27(29)37/h3-4,7-9,12,15,17,22,32-33,36,38H,10-11H2,1-2H3,(H2,29,37)/t15-,17-,22-,28-/m0/s1. The van der Waals surface area contributed by atoms with Gasteiger partial charge in [-0.3, -0.25) is 24.3 Å². The Kier molecular flexibility index (Phi) is 5.86. The summed E-state index contributed by atoms with van der Waals surface area (Å²) in [4.78, 5) is 44.5. The van der Waals surface area contributed by atoms with Crippen molar-refractivity contribution in [2.24, 2.45) is 17.6 Å². The van der Waals surface area contributed by atoms with Crippen LogP contribution in [0.15, 0.2) is 53.6 Å². The normalized spacial score (nSPS) is 26.4. The maximum Gasteiger partial charge on any atom is 0.255 e. The number of rotatable bonds is 2. The SMILES string of the molecule is CN(C)[C@@H]1C(=O)C(C(N)=O)=C(O)[C@@]2(O)C(=O)C3=C(O)c4c(O)ccc(C#Cc5cccnc5)c4C[C@H]3C[C@@H]12. The average molecular weight is 516 g/mol. The fraction of sp³-hybridized carbons (Fsp3) is 0.286. The number of aromatic hydroxyl groups is 1. The zero-order valence-corrected chi connectivity index (χ0v) is 20.6. The lowest BCUT2D eigenvalue weighted by molar-refractivity contribution is -0.153. The minimum atomic E-state index is -2.67. The number of primary amides is 1. The number of benzene rings is 1. The molecule has 10 heteroatoms. The van der Waals surface area contributed by atoms with Gasteiger partial charge >= 0.3 is 0 Å². The van der Waals surface area contributed by atoms with Gasteiger partial charge in [0.05, 0.1) is 11.6 Å². The van der Waals surface area contributed by atoms with Crippen LogP contribution in [0.1, 0.15) is 28.7 Å². The Labute approximate surface area is 217 Å². The second kappa shape index (κ2) is 8.83. The van der Waals surface area contributed by atoms with Gasteiger partial charge in [0.1, 0.15) is 22.8 Å². The first-order valence-corrected chi connectivity index (χ1v) is 11.9.